The van der Waals surface area contributed by atoms with E-state index < -0.39 is 23.7 Å². The molecule has 0 saturated carbocycles. The summed E-state index contributed by atoms with van der Waals surface area (Å²) in [7, 11) is 0. The average molecular weight is 582 g/mol. The van der Waals surface area contributed by atoms with E-state index in [4.69, 9.17) is 0 Å². The minimum atomic E-state index is -0.936. The van der Waals surface area contributed by atoms with Crippen LogP contribution in [0.4, 0.5) is 23.0 Å². The molecule has 214 valence electrons. The van der Waals surface area contributed by atoms with Crippen LogP contribution >= 0.6 is 0 Å². The zero-order chi connectivity index (χ0) is 30.5. The summed E-state index contributed by atoms with van der Waals surface area (Å²) in [5.74, 6) is -1.95. The number of phenols is 1. The standard InChI is InChI=1S/C32H23N9O3/c33-18-22-19-36-41(32-34-14-7-15-35-32)29(22)40-39-27-25-13-12-20(30(43)37-23-8-3-1-4-9-23)16-21(25)17-26(28(27)42)31(44)38-24-10-5-2-6-11-24/h1-17,19,22,29,42H,(H,37,43)(H,38,44). The number of hydrogen-bond donors (Lipinski definition) is 3. The number of amides is 2. The Morgan fingerprint density at radius 1 is 0.864 bits per heavy atom. The molecule has 2 unspecified atom stereocenters. The number of carbonyl (C=O) groups excluding carboxylic acids is 2. The van der Waals surface area contributed by atoms with Gasteiger partial charge in [0.05, 0.1) is 11.6 Å². The molecule has 44 heavy (non-hydrogen) atoms. The van der Waals surface area contributed by atoms with Crippen molar-refractivity contribution in [2.45, 2.75) is 6.17 Å². The number of phenolic OH excluding ortho intramolecular Hbond substituents is 1. The molecule has 0 bridgehead atoms. The monoisotopic (exact) mass is 581 g/mol. The predicted molar refractivity (Wildman–Crippen MR) is 165 cm³/mol. The molecule has 2 atom stereocenters. The lowest BCUT2D eigenvalue weighted by molar-refractivity contribution is 0.101. The predicted octanol–water partition coefficient (Wildman–Crippen LogP) is 5.90. The normalized spacial score (nSPS) is 15.8. The van der Waals surface area contributed by atoms with Gasteiger partial charge in [-0.15, -0.1) is 5.11 Å². The topological polar surface area (TPSA) is 168 Å². The van der Waals surface area contributed by atoms with E-state index in [0.717, 1.165) is 0 Å². The third kappa shape index (κ3) is 5.65. The molecule has 1 aliphatic rings. The molecule has 12 nitrogen and oxygen atoms in total. The van der Waals surface area contributed by atoms with E-state index in [1.807, 2.05) is 24.3 Å². The van der Waals surface area contributed by atoms with E-state index in [0.29, 0.717) is 27.7 Å². The van der Waals surface area contributed by atoms with Crippen LogP contribution in [0.15, 0.2) is 119 Å². The highest BCUT2D eigenvalue weighted by Crippen LogP contribution is 2.40. The molecule has 12 heteroatoms. The molecule has 2 amide bonds. The number of aromatic nitrogens is 2. The third-order valence-corrected chi connectivity index (χ3v) is 6.76. The van der Waals surface area contributed by atoms with E-state index >= 15 is 0 Å². The maximum atomic E-state index is 13.4. The first-order chi connectivity index (χ1) is 21.5. The third-order valence-electron chi connectivity index (χ3n) is 6.76. The number of nitrogens with zero attached hydrogens (tertiary/aromatic N) is 7. The smallest absolute Gasteiger partial charge is 0.259 e. The van der Waals surface area contributed by atoms with E-state index in [-0.39, 0.29) is 23.1 Å². The number of hydrazone groups is 1. The van der Waals surface area contributed by atoms with Gasteiger partial charge in [-0.1, -0.05) is 42.5 Å². The maximum Gasteiger partial charge on any atom is 0.259 e. The largest absolute Gasteiger partial charge is 0.505 e. The van der Waals surface area contributed by atoms with Gasteiger partial charge in [-0.05, 0) is 53.9 Å². The van der Waals surface area contributed by atoms with Crippen LogP contribution in [0.3, 0.4) is 0 Å². The zero-order valence-electron chi connectivity index (χ0n) is 22.9. The van der Waals surface area contributed by atoms with E-state index in [9.17, 15) is 20.0 Å². The first-order valence-corrected chi connectivity index (χ1v) is 13.4. The second-order valence-electron chi connectivity index (χ2n) is 9.64. The highest BCUT2D eigenvalue weighted by molar-refractivity contribution is 6.13. The number of carbonyl (C=O) groups is 2. The van der Waals surface area contributed by atoms with Crippen molar-refractivity contribution in [1.29, 1.82) is 5.26 Å². The second-order valence-corrected chi connectivity index (χ2v) is 9.64. The van der Waals surface area contributed by atoms with Gasteiger partial charge in [0, 0.05) is 40.9 Å². The van der Waals surface area contributed by atoms with Gasteiger partial charge in [-0.2, -0.15) is 15.5 Å². The molecule has 0 spiro atoms. The van der Waals surface area contributed by atoms with Crippen molar-refractivity contribution in [3.05, 3.63) is 115 Å². The Hall–Kier alpha value is -6.48. The summed E-state index contributed by atoms with van der Waals surface area (Å²) in [6.07, 6.45) is 3.55. The summed E-state index contributed by atoms with van der Waals surface area (Å²) in [6.45, 7) is 0. The van der Waals surface area contributed by atoms with Crippen molar-refractivity contribution in [2.24, 2.45) is 21.2 Å². The Balaban J connectivity index is 1.42. The van der Waals surface area contributed by atoms with Crippen LogP contribution in [0, 0.1) is 17.2 Å². The summed E-state index contributed by atoms with van der Waals surface area (Å²) < 4.78 is 0. The number of nitrogens with one attached hydrogen (secondary N) is 2. The molecule has 5 aromatic rings. The number of aromatic hydroxyl groups is 1. The molecule has 3 N–H and O–H groups in total. The molecular weight excluding hydrogens is 558 g/mol. The van der Waals surface area contributed by atoms with Crippen molar-refractivity contribution >= 4 is 51.8 Å². The second kappa shape index (κ2) is 12.2. The van der Waals surface area contributed by atoms with Gasteiger partial charge < -0.3 is 15.7 Å². The van der Waals surface area contributed by atoms with Crippen LogP contribution in [0.2, 0.25) is 0 Å². The number of benzene rings is 4. The molecule has 4 aromatic carbocycles. The molecule has 6 rings (SSSR count). The van der Waals surface area contributed by atoms with Gasteiger partial charge in [0.15, 0.2) is 11.9 Å². The first kappa shape index (κ1) is 27.7. The number of fused-ring (bicyclic) bond motifs is 1. The van der Waals surface area contributed by atoms with Crippen molar-refractivity contribution in [3.8, 4) is 11.8 Å². The summed E-state index contributed by atoms with van der Waals surface area (Å²) in [4.78, 5) is 34.8. The highest BCUT2D eigenvalue weighted by atomic mass is 16.3. The number of para-hydroxylation sites is 2. The average Bonchev–Trinajstić information content (AvgIpc) is 3.48. The van der Waals surface area contributed by atoms with Crippen LogP contribution in [0.5, 0.6) is 5.75 Å². The summed E-state index contributed by atoms with van der Waals surface area (Å²) in [5, 5.41) is 41.9. The molecule has 2 heterocycles. The maximum absolute atomic E-state index is 13.4. The Morgan fingerprint density at radius 2 is 1.52 bits per heavy atom. The lowest BCUT2D eigenvalue weighted by Gasteiger charge is -2.18. The van der Waals surface area contributed by atoms with Crippen molar-refractivity contribution in [2.75, 3.05) is 15.6 Å². The molecular formula is C32H23N9O3. The fourth-order valence-corrected chi connectivity index (χ4v) is 4.60. The van der Waals surface area contributed by atoms with Crippen LogP contribution in [0.25, 0.3) is 10.8 Å². The van der Waals surface area contributed by atoms with Crippen LogP contribution in [0.1, 0.15) is 20.7 Å². The SMILES string of the molecule is N#CC1C=NN(c2ncccn2)C1N=Nc1c(O)c(C(=O)Nc2ccccc2)cc2cc(C(=O)Nc3ccccc3)ccc12. The zero-order valence-corrected chi connectivity index (χ0v) is 22.9. The van der Waals surface area contributed by atoms with E-state index in [1.165, 1.54) is 29.7 Å². The van der Waals surface area contributed by atoms with Crippen molar-refractivity contribution in [3.63, 3.8) is 0 Å². The quantitative estimate of drug-likeness (QED) is 0.201. The minimum absolute atomic E-state index is 0.0201. The van der Waals surface area contributed by atoms with Crippen LogP contribution in [-0.2, 0) is 0 Å². The van der Waals surface area contributed by atoms with Gasteiger partial charge in [-0.3, -0.25) is 9.59 Å². The molecule has 0 saturated heterocycles. The first-order valence-electron chi connectivity index (χ1n) is 13.4. The fourth-order valence-electron chi connectivity index (χ4n) is 4.60. The number of hydrogen-bond acceptors (Lipinski definition) is 10. The summed E-state index contributed by atoms with van der Waals surface area (Å²) >= 11 is 0. The molecule has 0 radical (unpaired) electrons. The fraction of sp³-hybridized carbons (Fsp3) is 0.0625. The molecule has 1 aromatic heterocycles. The summed E-state index contributed by atoms with van der Waals surface area (Å²) in [6, 6.07) is 27.9. The molecule has 0 aliphatic carbocycles. The van der Waals surface area contributed by atoms with Gasteiger partial charge >= 0.3 is 0 Å². The molecule has 0 fully saturated rings. The Labute approximate surface area is 251 Å². The van der Waals surface area contributed by atoms with E-state index in [2.05, 4.69) is 42.0 Å². The van der Waals surface area contributed by atoms with Crippen LogP contribution in [-0.4, -0.2) is 39.3 Å². The Bertz CT molecular complexity index is 1940. The Morgan fingerprint density at radius 3 is 2.18 bits per heavy atom. The Kier molecular flexibility index (Phi) is 7.66. The van der Waals surface area contributed by atoms with Gasteiger partial charge in [0.2, 0.25) is 5.95 Å². The summed E-state index contributed by atoms with van der Waals surface area (Å²) in [5.41, 5.74) is 1.37. The van der Waals surface area contributed by atoms with Crippen LogP contribution < -0.4 is 15.6 Å². The van der Waals surface area contributed by atoms with Crippen molar-refractivity contribution < 1.29 is 14.7 Å². The number of azo groups is 1. The number of anilines is 3. The van der Waals surface area contributed by atoms with Gasteiger partial charge in [0.25, 0.3) is 11.8 Å². The lowest BCUT2D eigenvalue weighted by atomic mass is 10.00. The van der Waals surface area contributed by atoms with Gasteiger partial charge in [-0.25, -0.2) is 15.0 Å². The lowest BCUT2D eigenvalue weighted by Crippen LogP contribution is -2.30. The number of nitriles is 1. The van der Waals surface area contributed by atoms with Crippen molar-refractivity contribution in [1.82, 2.24) is 9.97 Å². The van der Waals surface area contributed by atoms with Gasteiger partial charge in [0.1, 0.15) is 11.6 Å². The minimum Gasteiger partial charge on any atom is -0.505 e. The van der Waals surface area contributed by atoms with E-state index in [1.54, 1.807) is 60.7 Å². The number of rotatable bonds is 7. The highest BCUT2D eigenvalue weighted by Gasteiger charge is 2.34. The molecule has 1 aliphatic heterocycles.